The lowest BCUT2D eigenvalue weighted by atomic mass is 10.2. The lowest BCUT2D eigenvalue weighted by Crippen LogP contribution is -2.23. The highest BCUT2D eigenvalue weighted by Crippen LogP contribution is 2.26. The predicted molar refractivity (Wildman–Crippen MR) is 116 cm³/mol. The Morgan fingerprint density at radius 1 is 1.17 bits per heavy atom. The summed E-state index contributed by atoms with van der Waals surface area (Å²) in [5.74, 6) is 1.11. The summed E-state index contributed by atoms with van der Waals surface area (Å²) in [4.78, 5) is 29.7. The summed E-state index contributed by atoms with van der Waals surface area (Å²) in [6.45, 7) is 0.0270. The fraction of sp³-hybridized carbons (Fsp3) is 0.105. The summed E-state index contributed by atoms with van der Waals surface area (Å²) in [6.07, 6.45) is 1.37. The number of nitrogens with one attached hydrogen (secondary N) is 1. The van der Waals surface area contributed by atoms with Crippen LogP contribution in [0.15, 0.2) is 47.5 Å². The van der Waals surface area contributed by atoms with Crippen molar-refractivity contribution in [3.63, 3.8) is 0 Å². The molecule has 2 aromatic heterocycles. The number of para-hydroxylation sites is 2. The van der Waals surface area contributed by atoms with Gasteiger partial charge in [-0.2, -0.15) is 15.0 Å². The SMILES string of the molecule is COc1ccccc1Nc1nc(N)nc(Cn2cnc3c(Cl)cc(Cl)cc3c2=O)n1. The fourth-order valence-electron chi connectivity index (χ4n) is 2.89. The number of anilines is 3. The molecule has 4 rings (SSSR count). The zero-order valence-corrected chi connectivity index (χ0v) is 17.1. The van der Waals surface area contributed by atoms with E-state index in [0.717, 1.165) is 0 Å². The summed E-state index contributed by atoms with van der Waals surface area (Å²) in [5, 5.41) is 3.98. The molecule has 0 saturated heterocycles. The third kappa shape index (κ3) is 3.98. The van der Waals surface area contributed by atoms with Crippen LogP contribution in [0.1, 0.15) is 5.82 Å². The highest BCUT2D eigenvalue weighted by Gasteiger charge is 2.12. The average Bonchev–Trinajstić information content (AvgIpc) is 2.70. The van der Waals surface area contributed by atoms with E-state index in [4.69, 9.17) is 33.7 Å². The summed E-state index contributed by atoms with van der Waals surface area (Å²) in [6, 6.07) is 10.3. The highest BCUT2D eigenvalue weighted by molar-refractivity contribution is 6.38. The number of hydrogen-bond acceptors (Lipinski definition) is 8. The molecular formula is C19H15Cl2N7O2. The Labute approximate surface area is 180 Å². The van der Waals surface area contributed by atoms with Crippen molar-refractivity contribution < 1.29 is 4.74 Å². The van der Waals surface area contributed by atoms with Crippen LogP contribution in [0.4, 0.5) is 17.6 Å². The molecule has 9 nitrogen and oxygen atoms in total. The van der Waals surface area contributed by atoms with Gasteiger partial charge in [-0.1, -0.05) is 35.3 Å². The van der Waals surface area contributed by atoms with Crippen molar-refractivity contribution in [2.24, 2.45) is 0 Å². The number of nitrogen functional groups attached to an aromatic ring is 1. The number of halogens is 2. The average molecular weight is 444 g/mol. The summed E-state index contributed by atoms with van der Waals surface area (Å²) >= 11 is 12.2. The van der Waals surface area contributed by atoms with Gasteiger partial charge < -0.3 is 15.8 Å². The molecule has 0 amide bonds. The molecule has 4 aromatic rings. The van der Waals surface area contributed by atoms with Gasteiger partial charge in [-0.25, -0.2) is 4.98 Å². The third-order valence-corrected chi connectivity index (χ3v) is 4.72. The normalized spacial score (nSPS) is 10.9. The molecule has 2 heterocycles. The van der Waals surface area contributed by atoms with Crippen LogP contribution >= 0.6 is 23.2 Å². The number of rotatable bonds is 5. The Bertz CT molecular complexity index is 1310. The summed E-state index contributed by atoms with van der Waals surface area (Å²) < 4.78 is 6.65. The molecule has 0 fully saturated rings. The van der Waals surface area contributed by atoms with Crippen LogP contribution in [-0.2, 0) is 6.54 Å². The van der Waals surface area contributed by atoms with Gasteiger partial charge in [0.2, 0.25) is 11.9 Å². The van der Waals surface area contributed by atoms with Crippen LogP contribution < -0.4 is 21.3 Å². The number of aromatic nitrogens is 5. The van der Waals surface area contributed by atoms with Gasteiger partial charge in [-0.3, -0.25) is 9.36 Å². The highest BCUT2D eigenvalue weighted by atomic mass is 35.5. The van der Waals surface area contributed by atoms with Crippen molar-refractivity contribution in [1.82, 2.24) is 24.5 Å². The number of benzene rings is 2. The Hall–Kier alpha value is -3.43. The van der Waals surface area contributed by atoms with E-state index < -0.39 is 0 Å². The Balaban J connectivity index is 1.69. The van der Waals surface area contributed by atoms with Gasteiger partial charge in [0.05, 0.1) is 41.6 Å². The van der Waals surface area contributed by atoms with E-state index >= 15 is 0 Å². The summed E-state index contributed by atoms with van der Waals surface area (Å²) in [5.41, 5.74) is 6.53. The molecule has 0 atom stereocenters. The van der Waals surface area contributed by atoms with Crippen molar-refractivity contribution in [2.75, 3.05) is 18.2 Å². The second kappa shape index (κ2) is 8.13. The van der Waals surface area contributed by atoms with Crippen LogP contribution in [0, 0.1) is 0 Å². The lowest BCUT2D eigenvalue weighted by Gasteiger charge is -2.11. The minimum absolute atomic E-state index is 0.00489. The quantitative estimate of drug-likeness (QED) is 0.481. The van der Waals surface area contributed by atoms with Crippen molar-refractivity contribution in [1.29, 1.82) is 0 Å². The maximum absolute atomic E-state index is 12.9. The van der Waals surface area contributed by atoms with Gasteiger partial charge in [0, 0.05) is 5.02 Å². The molecule has 0 saturated carbocycles. The monoisotopic (exact) mass is 443 g/mol. The molecular weight excluding hydrogens is 429 g/mol. The first-order valence-corrected chi connectivity index (χ1v) is 9.45. The van der Waals surface area contributed by atoms with Gasteiger partial charge in [0.15, 0.2) is 5.82 Å². The maximum Gasteiger partial charge on any atom is 0.261 e. The van der Waals surface area contributed by atoms with Crippen molar-refractivity contribution in [2.45, 2.75) is 6.54 Å². The van der Waals surface area contributed by atoms with Gasteiger partial charge in [-0.05, 0) is 24.3 Å². The first-order valence-electron chi connectivity index (χ1n) is 8.69. The molecule has 0 aliphatic heterocycles. The molecule has 0 aliphatic carbocycles. The maximum atomic E-state index is 12.9. The van der Waals surface area contributed by atoms with Crippen molar-refractivity contribution in [3.8, 4) is 5.75 Å². The van der Waals surface area contributed by atoms with Gasteiger partial charge in [-0.15, -0.1) is 0 Å². The van der Waals surface area contributed by atoms with Crippen LogP contribution in [-0.4, -0.2) is 31.6 Å². The Kier molecular flexibility index (Phi) is 5.39. The van der Waals surface area contributed by atoms with Gasteiger partial charge >= 0.3 is 0 Å². The largest absolute Gasteiger partial charge is 0.495 e. The van der Waals surface area contributed by atoms with E-state index in [-0.39, 0.29) is 29.8 Å². The van der Waals surface area contributed by atoms with Gasteiger partial charge in [0.1, 0.15) is 5.75 Å². The van der Waals surface area contributed by atoms with E-state index in [1.165, 1.54) is 23.0 Å². The van der Waals surface area contributed by atoms with Crippen LogP contribution in [0.3, 0.4) is 0 Å². The fourth-order valence-corrected chi connectivity index (χ4v) is 3.43. The number of methoxy groups -OCH3 is 1. The molecule has 0 spiro atoms. The molecule has 152 valence electrons. The first kappa shape index (κ1) is 19.9. The molecule has 0 radical (unpaired) electrons. The first-order chi connectivity index (χ1) is 14.4. The Morgan fingerprint density at radius 2 is 1.97 bits per heavy atom. The topological polar surface area (TPSA) is 121 Å². The van der Waals surface area contributed by atoms with Crippen molar-refractivity contribution in [3.05, 3.63) is 68.9 Å². The number of ether oxygens (including phenoxy) is 1. The zero-order chi connectivity index (χ0) is 21.3. The number of fused-ring (bicyclic) bond motifs is 1. The van der Waals surface area contributed by atoms with Crippen LogP contribution in [0.25, 0.3) is 10.9 Å². The lowest BCUT2D eigenvalue weighted by molar-refractivity contribution is 0.417. The minimum atomic E-state index is -0.331. The third-order valence-electron chi connectivity index (χ3n) is 4.21. The second-order valence-corrected chi connectivity index (χ2v) is 7.06. The molecule has 11 heteroatoms. The van der Waals surface area contributed by atoms with Crippen molar-refractivity contribution >= 4 is 51.7 Å². The minimum Gasteiger partial charge on any atom is -0.495 e. The van der Waals surface area contributed by atoms with E-state index in [9.17, 15) is 4.79 Å². The smallest absolute Gasteiger partial charge is 0.261 e. The van der Waals surface area contributed by atoms with E-state index in [1.807, 2.05) is 18.2 Å². The Morgan fingerprint density at radius 3 is 2.77 bits per heavy atom. The second-order valence-electron chi connectivity index (χ2n) is 6.22. The van der Waals surface area contributed by atoms with Crippen LogP contribution in [0.2, 0.25) is 10.0 Å². The summed E-state index contributed by atoms with van der Waals surface area (Å²) in [7, 11) is 1.56. The van der Waals surface area contributed by atoms with Crippen LogP contribution in [0.5, 0.6) is 5.75 Å². The molecule has 0 bridgehead atoms. The number of nitrogens with two attached hydrogens (primary N) is 1. The molecule has 3 N–H and O–H groups in total. The molecule has 2 aromatic carbocycles. The number of hydrogen-bond donors (Lipinski definition) is 2. The van der Waals surface area contributed by atoms with E-state index in [0.29, 0.717) is 32.4 Å². The van der Waals surface area contributed by atoms with Gasteiger partial charge in [0.25, 0.3) is 5.56 Å². The molecule has 0 aliphatic rings. The van der Waals surface area contributed by atoms with E-state index in [2.05, 4.69) is 25.3 Å². The zero-order valence-electron chi connectivity index (χ0n) is 15.6. The molecule has 30 heavy (non-hydrogen) atoms. The molecule has 0 unspecified atom stereocenters. The predicted octanol–water partition coefficient (Wildman–Crippen LogP) is 3.27. The standard InChI is InChI=1S/C19H15Cl2N7O2/c1-30-14-5-3-2-4-13(14)24-19-26-15(25-18(22)27-19)8-28-9-23-16-11(17(28)29)6-10(20)7-12(16)21/h2-7,9H,8H2,1H3,(H3,22,24,25,26,27). The number of nitrogens with zero attached hydrogens (tertiary/aromatic N) is 5. The van der Waals surface area contributed by atoms with E-state index in [1.54, 1.807) is 13.2 Å².